The Balaban J connectivity index is 1.99. The minimum Gasteiger partial charge on any atom is -0.512 e. The minimum absolute atomic E-state index is 0.0321. The van der Waals surface area contributed by atoms with Crippen LogP contribution in [0.15, 0.2) is 34.8 Å². The lowest BCUT2D eigenvalue weighted by Crippen LogP contribution is -2.36. The summed E-state index contributed by atoms with van der Waals surface area (Å²) in [6.07, 6.45) is 1.58. The number of carbonyl (C=O) groups is 2. The zero-order chi connectivity index (χ0) is 21.3. The maximum Gasteiger partial charge on any atom is 0.163 e. The van der Waals surface area contributed by atoms with E-state index < -0.39 is 5.92 Å². The molecule has 0 bridgehead atoms. The fraction of sp³-hybridized carbons (Fsp3) is 0.478. The van der Waals surface area contributed by atoms with Gasteiger partial charge in [0.15, 0.2) is 11.6 Å². The summed E-state index contributed by atoms with van der Waals surface area (Å²) in [5.74, 6) is 0.0362. The number of hydrogen-bond acceptors (Lipinski definition) is 4. The van der Waals surface area contributed by atoms with Crippen LogP contribution < -0.4 is 4.74 Å². The number of benzene rings is 1. The molecule has 4 rings (SSSR count). The molecule has 2 aliphatic carbocycles. The second kappa shape index (κ2) is 6.61. The molecule has 0 aromatic heterocycles. The van der Waals surface area contributed by atoms with Crippen molar-refractivity contribution in [2.24, 2.45) is 10.8 Å². The van der Waals surface area contributed by atoms with Gasteiger partial charge in [-0.15, -0.1) is 0 Å². The maximum atomic E-state index is 13.2. The van der Waals surface area contributed by atoms with Crippen molar-refractivity contribution in [3.05, 3.63) is 50.4 Å². The van der Waals surface area contributed by atoms with E-state index >= 15 is 0 Å². The fourth-order valence-corrected chi connectivity index (χ4v) is 5.35. The van der Waals surface area contributed by atoms with E-state index in [0.29, 0.717) is 58.4 Å². The predicted molar refractivity (Wildman–Crippen MR) is 113 cm³/mol. The molecule has 0 fully saturated rings. The number of ketones is 2. The quantitative estimate of drug-likeness (QED) is 0.561. The summed E-state index contributed by atoms with van der Waals surface area (Å²) in [6, 6.07) is 3.26. The van der Waals surface area contributed by atoms with E-state index in [1.54, 1.807) is 12.1 Å². The van der Waals surface area contributed by atoms with E-state index in [-0.39, 0.29) is 33.7 Å². The summed E-state index contributed by atoms with van der Waals surface area (Å²) in [5.41, 5.74) is 0.688. The van der Waals surface area contributed by atoms with E-state index in [9.17, 15) is 14.7 Å². The van der Waals surface area contributed by atoms with Crippen LogP contribution in [0, 0.1) is 10.8 Å². The van der Waals surface area contributed by atoms with Crippen molar-refractivity contribution in [2.45, 2.75) is 59.3 Å². The topological polar surface area (TPSA) is 63.6 Å². The summed E-state index contributed by atoms with van der Waals surface area (Å²) in [7, 11) is 0. The van der Waals surface area contributed by atoms with Gasteiger partial charge in [-0.3, -0.25) is 9.59 Å². The van der Waals surface area contributed by atoms with Crippen molar-refractivity contribution in [3.8, 4) is 5.75 Å². The first-order chi connectivity index (χ1) is 13.4. The summed E-state index contributed by atoms with van der Waals surface area (Å²) in [4.78, 5) is 26.3. The number of rotatable bonds is 1. The van der Waals surface area contributed by atoms with Crippen LogP contribution in [0.2, 0.25) is 10.0 Å². The van der Waals surface area contributed by atoms with Crippen molar-refractivity contribution >= 4 is 34.8 Å². The molecule has 0 spiro atoms. The number of fused-ring (bicyclic) bond motifs is 1. The van der Waals surface area contributed by atoms with Gasteiger partial charge >= 0.3 is 0 Å². The number of halogens is 2. The molecule has 0 saturated heterocycles. The lowest BCUT2D eigenvalue weighted by Gasteiger charge is -2.40. The van der Waals surface area contributed by atoms with Gasteiger partial charge in [0.2, 0.25) is 0 Å². The lowest BCUT2D eigenvalue weighted by atomic mass is 9.66. The molecular formula is C23H24Cl2O4. The molecule has 1 atom stereocenters. The third kappa shape index (κ3) is 3.51. The zero-order valence-electron chi connectivity index (χ0n) is 17.0. The van der Waals surface area contributed by atoms with Crippen LogP contribution in [0.1, 0.15) is 64.9 Å². The van der Waals surface area contributed by atoms with E-state index in [4.69, 9.17) is 27.9 Å². The standard InChI is InChI=1S/C23H24Cl2O4/c1-22(2)7-14(26)19(15(27)8-22)18-12-5-11(24)6-13(25)21(12)29-17-10-23(3,4)9-16(28)20(17)18/h5-6,18,26H,7-10H2,1-4H3. The highest BCUT2D eigenvalue weighted by Crippen LogP contribution is 2.54. The Bertz CT molecular complexity index is 1010. The first-order valence-corrected chi connectivity index (χ1v) is 10.5. The molecule has 0 amide bonds. The van der Waals surface area contributed by atoms with Gasteiger partial charge < -0.3 is 9.84 Å². The van der Waals surface area contributed by atoms with Crippen LogP contribution >= 0.6 is 23.2 Å². The molecule has 0 saturated carbocycles. The molecule has 0 radical (unpaired) electrons. The fourth-order valence-electron chi connectivity index (χ4n) is 4.80. The van der Waals surface area contributed by atoms with Crippen molar-refractivity contribution in [2.75, 3.05) is 0 Å². The Morgan fingerprint density at radius 1 is 0.931 bits per heavy atom. The third-order valence-corrected chi connectivity index (χ3v) is 6.43. The maximum absolute atomic E-state index is 13.2. The van der Waals surface area contributed by atoms with Gasteiger partial charge in [0.1, 0.15) is 17.3 Å². The normalized spacial score (nSPS) is 25.5. The molecule has 1 aromatic carbocycles. The molecule has 1 heterocycles. The smallest absolute Gasteiger partial charge is 0.163 e. The van der Waals surface area contributed by atoms with Crippen LogP contribution in [-0.2, 0) is 9.59 Å². The summed E-state index contributed by atoms with van der Waals surface area (Å²) in [6.45, 7) is 7.92. The van der Waals surface area contributed by atoms with Crippen LogP contribution in [0.4, 0.5) is 0 Å². The van der Waals surface area contributed by atoms with Gasteiger partial charge in [-0.1, -0.05) is 50.9 Å². The molecule has 4 nitrogen and oxygen atoms in total. The monoisotopic (exact) mass is 434 g/mol. The first kappa shape index (κ1) is 20.5. The molecule has 1 unspecified atom stereocenters. The van der Waals surface area contributed by atoms with Crippen LogP contribution in [0.3, 0.4) is 0 Å². The largest absolute Gasteiger partial charge is 0.512 e. The van der Waals surface area contributed by atoms with Crippen LogP contribution in [-0.4, -0.2) is 16.7 Å². The molecule has 154 valence electrons. The average molecular weight is 435 g/mol. The number of ether oxygens (including phenoxy) is 1. The Hall–Kier alpha value is -1.78. The molecule has 1 aliphatic heterocycles. The summed E-state index contributed by atoms with van der Waals surface area (Å²) >= 11 is 12.7. The SMILES string of the molecule is CC1(C)CC(=O)C(C2C3=C(CC(C)(C)CC3=O)Oc3c(Cl)cc(Cl)cc32)=C(O)C1. The van der Waals surface area contributed by atoms with Gasteiger partial charge in [0.25, 0.3) is 0 Å². The number of carbonyl (C=O) groups excluding carboxylic acids is 2. The molecule has 6 heteroatoms. The van der Waals surface area contributed by atoms with Crippen LogP contribution in [0.5, 0.6) is 5.75 Å². The second-order valence-corrected chi connectivity index (χ2v) is 10.8. The number of aliphatic hydroxyl groups excluding tert-OH is 1. The molecule has 1 N–H and O–H groups in total. The Morgan fingerprint density at radius 3 is 2.14 bits per heavy atom. The first-order valence-electron chi connectivity index (χ1n) is 9.77. The second-order valence-electron chi connectivity index (χ2n) is 9.92. The minimum atomic E-state index is -0.711. The van der Waals surface area contributed by atoms with Gasteiger partial charge in [0, 0.05) is 47.4 Å². The van der Waals surface area contributed by atoms with E-state index in [1.165, 1.54) is 0 Å². The van der Waals surface area contributed by atoms with Crippen molar-refractivity contribution in [1.82, 2.24) is 0 Å². The highest BCUT2D eigenvalue weighted by Gasteiger charge is 2.47. The molecule has 1 aromatic rings. The van der Waals surface area contributed by atoms with Crippen LogP contribution in [0.25, 0.3) is 0 Å². The molecular weight excluding hydrogens is 411 g/mol. The Kier molecular flexibility index (Phi) is 4.67. The van der Waals surface area contributed by atoms with E-state index in [2.05, 4.69) is 0 Å². The number of hydrogen-bond donors (Lipinski definition) is 1. The van der Waals surface area contributed by atoms with Crippen molar-refractivity contribution < 1.29 is 19.4 Å². The van der Waals surface area contributed by atoms with Gasteiger partial charge in [0.05, 0.1) is 10.9 Å². The van der Waals surface area contributed by atoms with Gasteiger partial charge in [-0.05, 0) is 23.0 Å². The third-order valence-electron chi connectivity index (χ3n) is 5.93. The highest BCUT2D eigenvalue weighted by molar-refractivity contribution is 6.35. The number of aliphatic hydroxyl groups is 1. The Morgan fingerprint density at radius 2 is 1.52 bits per heavy atom. The predicted octanol–water partition coefficient (Wildman–Crippen LogP) is 6.31. The van der Waals surface area contributed by atoms with Gasteiger partial charge in [-0.2, -0.15) is 0 Å². The van der Waals surface area contributed by atoms with E-state index in [1.807, 2.05) is 27.7 Å². The Labute approximate surface area is 180 Å². The molecule has 29 heavy (non-hydrogen) atoms. The van der Waals surface area contributed by atoms with Crippen molar-refractivity contribution in [3.63, 3.8) is 0 Å². The average Bonchev–Trinajstić information content (AvgIpc) is 2.52. The summed E-state index contributed by atoms with van der Waals surface area (Å²) < 4.78 is 6.11. The molecule has 3 aliphatic rings. The lowest BCUT2D eigenvalue weighted by molar-refractivity contribution is -0.119. The number of allylic oxidation sites excluding steroid dienone is 4. The van der Waals surface area contributed by atoms with Gasteiger partial charge in [-0.25, -0.2) is 0 Å². The van der Waals surface area contributed by atoms with E-state index in [0.717, 1.165) is 0 Å². The highest BCUT2D eigenvalue weighted by atomic mass is 35.5. The number of Topliss-reactive ketones (excluding diaryl/α,β-unsaturated/α-hetero) is 2. The zero-order valence-corrected chi connectivity index (χ0v) is 18.5. The van der Waals surface area contributed by atoms with Crippen molar-refractivity contribution in [1.29, 1.82) is 0 Å². The summed E-state index contributed by atoms with van der Waals surface area (Å²) in [5, 5.41) is 11.6.